The minimum Gasteiger partial charge on any atom is -0.342 e. The van der Waals surface area contributed by atoms with E-state index in [0.29, 0.717) is 29.8 Å². The Labute approximate surface area is 168 Å². The number of likely N-dealkylation sites (tertiary alicyclic amines) is 1. The molecule has 1 unspecified atom stereocenters. The predicted octanol–water partition coefficient (Wildman–Crippen LogP) is 4.15. The molecule has 148 valence electrons. The molecule has 1 atom stereocenters. The van der Waals surface area contributed by atoms with Gasteiger partial charge in [-0.25, -0.2) is 9.37 Å². The Morgan fingerprint density at radius 3 is 2.69 bits per heavy atom. The Morgan fingerprint density at radius 1 is 1.10 bits per heavy atom. The van der Waals surface area contributed by atoms with Crippen molar-refractivity contribution >= 4 is 17.5 Å². The molecule has 29 heavy (non-hydrogen) atoms. The van der Waals surface area contributed by atoms with E-state index in [1.54, 1.807) is 19.1 Å². The van der Waals surface area contributed by atoms with Crippen molar-refractivity contribution in [2.24, 2.45) is 0 Å². The predicted molar refractivity (Wildman–Crippen MR) is 109 cm³/mol. The Bertz CT molecular complexity index is 1010. The molecule has 1 aliphatic heterocycles. The van der Waals surface area contributed by atoms with E-state index in [-0.39, 0.29) is 17.6 Å². The third kappa shape index (κ3) is 4.56. The fraction of sp³-hybridized carbons (Fsp3) is 0.273. The summed E-state index contributed by atoms with van der Waals surface area (Å²) < 4.78 is 13.6. The number of aromatic nitrogens is 3. The van der Waals surface area contributed by atoms with Gasteiger partial charge in [0.25, 0.3) is 0 Å². The zero-order valence-corrected chi connectivity index (χ0v) is 16.2. The SMILES string of the molecule is CC(=O)N1CCCC(c2nc(Nc3cccc(F)c3)nc(-c3ccccc3)n2)C1. The van der Waals surface area contributed by atoms with E-state index in [0.717, 1.165) is 24.9 Å². The Morgan fingerprint density at radius 2 is 1.93 bits per heavy atom. The number of hydrogen-bond donors (Lipinski definition) is 1. The van der Waals surface area contributed by atoms with Crippen molar-refractivity contribution in [1.29, 1.82) is 0 Å². The average Bonchev–Trinajstić information content (AvgIpc) is 2.74. The molecule has 0 radical (unpaired) electrons. The molecule has 1 aromatic heterocycles. The summed E-state index contributed by atoms with van der Waals surface area (Å²) in [6.07, 6.45) is 1.81. The van der Waals surface area contributed by atoms with E-state index in [2.05, 4.69) is 15.3 Å². The van der Waals surface area contributed by atoms with E-state index < -0.39 is 0 Å². The van der Waals surface area contributed by atoms with Crippen molar-refractivity contribution in [2.75, 3.05) is 18.4 Å². The number of anilines is 2. The van der Waals surface area contributed by atoms with Crippen molar-refractivity contribution in [1.82, 2.24) is 19.9 Å². The fourth-order valence-corrected chi connectivity index (χ4v) is 3.52. The van der Waals surface area contributed by atoms with Crippen LogP contribution in [0.15, 0.2) is 54.6 Å². The smallest absolute Gasteiger partial charge is 0.231 e. The van der Waals surface area contributed by atoms with Gasteiger partial charge in [-0.3, -0.25) is 4.79 Å². The van der Waals surface area contributed by atoms with Crippen molar-refractivity contribution in [3.05, 3.63) is 66.2 Å². The molecule has 2 aromatic carbocycles. The van der Waals surface area contributed by atoms with E-state index in [1.807, 2.05) is 35.2 Å². The minimum absolute atomic E-state index is 0.0335. The number of carbonyl (C=O) groups is 1. The molecule has 1 fully saturated rings. The number of halogens is 1. The lowest BCUT2D eigenvalue weighted by molar-refractivity contribution is -0.130. The largest absolute Gasteiger partial charge is 0.342 e. The van der Waals surface area contributed by atoms with Gasteiger partial charge in [0.2, 0.25) is 11.9 Å². The van der Waals surface area contributed by atoms with Gasteiger partial charge < -0.3 is 10.2 Å². The van der Waals surface area contributed by atoms with Crippen LogP contribution in [-0.4, -0.2) is 38.8 Å². The second-order valence-electron chi connectivity index (χ2n) is 7.15. The molecule has 4 rings (SSSR count). The number of hydrogen-bond acceptors (Lipinski definition) is 5. The third-order valence-electron chi connectivity index (χ3n) is 5.00. The first-order chi connectivity index (χ1) is 14.1. The van der Waals surface area contributed by atoms with E-state index >= 15 is 0 Å². The quantitative estimate of drug-likeness (QED) is 0.724. The number of piperidine rings is 1. The molecule has 3 aromatic rings. The standard InChI is InChI=1S/C22H22FN5O/c1-15(29)28-12-6-9-17(14-28)21-25-20(16-7-3-2-4-8-16)26-22(27-21)24-19-11-5-10-18(23)13-19/h2-5,7-8,10-11,13,17H,6,9,12,14H2,1H3,(H,24,25,26,27). The van der Waals surface area contributed by atoms with Gasteiger partial charge in [0, 0.05) is 37.2 Å². The monoisotopic (exact) mass is 391 g/mol. The molecule has 0 spiro atoms. The van der Waals surface area contributed by atoms with Crippen LogP contribution in [0.4, 0.5) is 16.0 Å². The molecule has 0 saturated carbocycles. The Kier molecular flexibility index (Phi) is 5.46. The highest BCUT2D eigenvalue weighted by Crippen LogP contribution is 2.27. The summed E-state index contributed by atoms with van der Waals surface area (Å²) in [6, 6.07) is 15.8. The zero-order chi connectivity index (χ0) is 20.2. The highest BCUT2D eigenvalue weighted by Gasteiger charge is 2.26. The van der Waals surface area contributed by atoms with Crippen molar-refractivity contribution < 1.29 is 9.18 Å². The molecule has 1 N–H and O–H groups in total. The Balaban J connectivity index is 1.71. The maximum atomic E-state index is 13.6. The van der Waals surface area contributed by atoms with Crippen LogP contribution in [0.5, 0.6) is 0 Å². The highest BCUT2D eigenvalue weighted by molar-refractivity contribution is 5.73. The van der Waals surface area contributed by atoms with Gasteiger partial charge in [-0.1, -0.05) is 36.4 Å². The second-order valence-corrected chi connectivity index (χ2v) is 7.15. The van der Waals surface area contributed by atoms with Crippen molar-refractivity contribution in [2.45, 2.75) is 25.7 Å². The van der Waals surface area contributed by atoms with Crippen LogP contribution in [0.1, 0.15) is 31.5 Å². The molecule has 1 saturated heterocycles. The molecule has 0 aliphatic carbocycles. The normalized spacial score (nSPS) is 16.5. The first-order valence-electron chi connectivity index (χ1n) is 9.68. The van der Waals surface area contributed by atoms with Gasteiger partial charge in [0.05, 0.1) is 0 Å². The van der Waals surface area contributed by atoms with Gasteiger partial charge in [-0.15, -0.1) is 0 Å². The van der Waals surface area contributed by atoms with Gasteiger partial charge in [-0.2, -0.15) is 9.97 Å². The third-order valence-corrected chi connectivity index (χ3v) is 5.00. The van der Waals surface area contributed by atoms with E-state index in [4.69, 9.17) is 4.98 Å². The van der Waals surface area contributed by atoms with Crippen LogP contribution in [0, 0.1) is 5.82 Å². The lowest BCUT2D eigenvalue weighted by Gasteiger charge is -2.31. The summed E-state index contributed by atoms with van der Waals surface area (Å²) in [4.78, 5) is 27.5. The summed E-state index contributed by atoms with van der Waals surface area (Å²) in [5, 5.41) is 3.09. The average molecular weight is 391 g/mol. The highest BCUT2D eigenvalue weighted by atomic mass is 19.1. The maximum absolute atomic E-state index is 13.6. The lowest BCUT2D eigenvalue weighted by atomic mass is 9.97. The number of nitrogens with zero attached hydrogens (tertiary/aromatic N) is 4. The molecular formula is C22H22FN5O. The number of carbonyl (C=O) groups excluding carboxylic acids is 1. The van der Waals surface area contributed by atoms with Crippen LogP contribution >= 0.6 is 0 Å². The van der Waals surface area contributed by atoms with Crippen LogP contribution in [0.25, 0.3) is 11.4 Å². The molecule has 7 heteroatoms. The number of benzene rings is 2. The molecule has 2 heterocycles. The molecule has 0 bridgehead atoms. The maximum Gasteiger partial charge on any atom is 0.231 e. The molecule has 1 aliphatic rings. The van der Waals surface area contributed by atoms with Gasteiger partial charge in [-0.05, 0) is 31.0 Å². The molecule has 1 amide bonds. The number of nitrogens with one attached hydrogen (secondary N) is 1. The first kappa shape index (κ1) is 19.0. The van der Waals surface area contributed by atoms with Crippen LogP contribution in [0.3, 0.4) is 0 Å². The summed E-state index contributed by atoms with van der Waals surface area (Å²) >= 11 is 0. The van der Waals surface area contributed by atoms with E-state index in [9.17, 15) is 9.18 Å². The molecule has 6 nitrogen and oxygen atoms in total. The van der Waals surface area contributed by atoms with Crippen molar-refractivity contribution in [3.63, 3.8) is 0 Å². The summed E-state index contributed by atoms with van der Waals surface area (Å²) in [5.74, 6) is 1.31. The summed E-state index contributed by atoms with van der Waals surface area (Å²) in [7, 11) is 0. The van der Waals surface area contributed by atoms with Gasteiger partial charge in [0.15, 0.2) is 5.82 Å². The Hall–Kier alpha value is -3.35. The van der Waals surface area contributed by atoms with Gasteiger partial charge >= 0.3 is 0 Å². The van der Waals surface area contributed by atoms with Crippen molar-refractivity contribution in [3.8, 4) is 11.4 Å². The molecular weight excluding hydrogens is 369 g/mol. The van der Waals surface area contributed by atoms with E-state index in [1.165, 1.54) is 12.1 Å². The topological polar surface area (TPSA) is 71.0 Å². The van der Waals surface area contributed by atoms with Crippen LogP contribution in [0.2, 0.25) is 0 Å². The summed E-state index contributed by atoms with van der Waals surface area (Å²) in [5.41, 5.74) is 1.44. The number of rotatable bonds is 4. The lowest BCUT2D eigenvalue weighted by Crippen LogP contribution is -2.38. The summed E-state index contributed by atoms with van der Waals surface area (Å²) in [6.45, 7) is 2.94. The number of amides is 1. The fourth-order valence-electron chi connectivity index (χ4n) is 3.52. The first-order valence-corrected chi connectivity index (χ1v) is 9.68. The second kappa shape index (κ2) is 8.34. The van der Waals surface area contributed by atoms with Crippen LogP contribution in [-0.2, 0) is 4.79 Å². The van der Waals surface area contributed by atoms with Gasteiger partial charge in [0.1, 0.15) is 11.6 Å². The minimum atomic E-state index is -0.336. The van der Waals surface area contributed by atoms with Crippen LogP contribution < -0.4 is 5.32 Å². The zero-order valence-electron chi connectivity index (χ0n) is 16.2.